The van der Waals surface area contributed by atoms with Crippen LogP contribution in [0.1, 0.15) is 42.6 Å². The molecule has 1 saturated heterocycles. The normalized spacial score (nSPS) is 15.5. The standard InChI is InChI=1S/C22H29N5O3/c1-15-5-6-19(13-20(15)25-21(29)16(2)24-17(3)28)22(30)26-11-7-18(8-12-26)14-27-10-4-9-23-27/h4-6,9-10,13,16,18H,7-8,11-12,14H2,1-3H3,(H,24,28)(H,25,29)/t16-/m1/s1. The Hall–Kier alpha value is -3.16. The summed E-state index contributed by atoms with van der Waals surface area (Å²) in [6.45, 7) is 7.15. The Morgan fingerprint density at radius 1 is 1.23 bits per heavy atom. The highest BCUT2D eigenvalue weighted by atomic mass is 16.2. The number of hydrogen-bond acceptors (Lipinski definition) is 4. The van der Waals surface area contributed by atoms with Gasteiger partial charge < -0.3 is 15.5 Å². The Bertz CT molecular complexity index is 902. The summed E-state index contributed by atoms with van der Waals surface area (Å²) in [7, 11) is 0. The number of anilines is 1. The molecule has 2 N–H and O–H groups in total. The lowest BCUT2D eigenvalue weighted by Crippen LogP contribution is -2.40. The second-order valence-corrected chi connectivity index (χ2v) is 7.90. The van der Waals surface area contributed by atoms with Crippen LogP contribution in [0.5, 0.6) is 0 Å². The van der Waals surface area contributed by atoms with E-state index in [0.717, 1.165) is 24.9 Å². The SMILES string of the molecule is CC(=O)N[C@H](C)C(=O)Nc1cc(C(=O)N2CCC(Cn3cccn3)CC2)ccc1C. The van der Waals surface area contributed by atoms with Crippen molar-refractivity contribution < 1.29 is 14.4 Å². The Labute approximate surface area is 176 Å². The summed E-state index contributed by atoms with van der Waals surface area (Å²) >= 11 is 0. The molecule has 0 bridgehead atoms. The molecule has 1 aliphatic rings. The van der Waals surface area contributed by atoms with Gasteiger partial charge in [0.25, 0.3) is 5.91 Å². The van der Waals surface area contributed by atoms with Crippen LogP contribution in [0.4, 0.5) is 5.69 Å². The maximum absolute atomic E-state index is 13.0. The molecule has 0 saturated carbocycles. The van der Waals surface area contributed by atoms with Crippen LogP contribution in [0.2, 0.25) is 0 Å². The molecule has 160 valence electrons. The Morgan fingerprint density at radius 3 is 2.60 bits per heavy atom. The van der Waals surface area contributed by atoms with Crippen LogP contribution in [0.15, 0.2) is 36.7 Å². The second kappa shape index (κ2) is 9.56. The van der Waals surface area contributed by atoms with Crippen LogP contribution in [-0.4, -0.2) is 51.5 Å². The number of carbonyl (C=O) groups is 3. The van der Waals surface area contributed by atoms with Gasteiger partial charge in [-0.2, -0.15) is 5.10 Å². The quantitative estimate of drug-likeness (QED) is 0.762. The van der Waals surface area contributed by atoms with E-state index in [-0.39, 0.29) is 17.7 Å². The maximum Gasteiger partial charge on any atom is 0.253 e. The molecule has 1 aromatic heterocycles. The first-order chi connectivity index (χ1) is 14.3. The van der Waals surface area contributed by atoms with Gasteiger partial charge in [0.2, 0.25) is 11.8 Å². The van der Waals surface area contributed by atoms with Gasteiger partial charge >= 0.3 is 0 Å². The van der Waals surface area contributed by atoms with Crippen molar-refractivity contribution in [2.24, 2.45) is 5.92 Å². The minimum atomic E-state index is -0.657. The molecule has 30 heavy (non-hydrogen) atoms. The summed E-state index contributed by atoms with van der Waals surface area (Å²) in [4.78, 5) is 38.3. The van der Waals surface area contributed by atoms with Crippen molar-refractivity contribution in [3.63, 3.8) is 0 Å². The first kappa shape index (κ1) is 21.5. The maximum atomic E-state index is 13.0. The molecule has 1 aromatic carbocycles. The zero-order chi connectivity index (χ0) is 21.7. The molecule has 1 fully saturated rings. The third kappa shape index (κ3) is 5.46. The van der Waals surface area contributed by atoms with Crippen LogP contribution in [0.3, 0.4) is 0 Å². The van der Waals surface area contributed by atoms with Crippen LogP contribution in [0, 0.1) is 12.8 Å². The van der Waals surface area contributed by atoms with Crippen LogP contribution >= 0.6 is 0 Å². The van der Waals surface area contributed by atoms with E-state index in [1.54, 1.807) is 25.3 Å². The van der Waals surface area contributed by atoms with Gasteiger partial charge in [-0.25, -0.2) is 0 Å². The first-order valence-corrected chi connectivity index (χ1v) is 10.3. The number of likely N-dealkylation sites (tertiary alicyclic amines) is 1. The number of nitrogens with zero attached hydrogens (tertiary/aromatic N) is 3. The van der Waals surface area contributed by atoms with E-state index < -0.39 is 6.04 Å². The smallest absolute Gasteiger partial charge is 0.253 e. The molecule has 2 heterocycles. The van der Waals surface area contributed by atoms with Gasteiger partial charge in [-0.3, -0.25) is 19.1 Å². The van der Waals surface area contributed by atoms with Crippen LogP contribution in [0.25, 0.3) is 0 Å². The highest BCUT2D eigenvalue weighted by molar-refractivity contribution is 6.00. The lowest BCUT2D eigenvalue weighted by molar-refractivity contribution is -0.124. The fourth-order valence-electron chi connectivity index (χ4n) is 3.68. The predicted molar refractivity (Wildman–Crippen MR) is 114 cm³/mol. The van der Waals surface area contributed by atoms with Crippen molar-refractivity contribution in [2.45, 2.75) is 46.2 Å². The number of aryl methyl sites for hydroxylation is 1. The summed E-state index contributed by atoms with van der Waals surface area (Å²) < 4.78 is 1.94. The number of carbonyl (C=O) groups excluding carboxylic acids is 3. The highest BCUT2D eigenvalue weighted by Crippen LogP contribution is 2.23. The van der Waals surface area contributed by atoms with E-state index in [2.05, 4.69) is 15.7 Å². The van der Waals surface area contributed by atoms with E-state index in [1.807, 2.05) is 34.8 Å². The lowest BCUT2D eigenvalue weighted by Gasteiger charge is -2.32. The van der Waals surface area contributed by atoms with E-state index in [0.29, 0.717) is 30.3 Å². The van der Waals surface area contributed by atoms with Gasteiger partial charge in [0, 0.05) is 50.2 Å². The van der Waals surface area contributed by atoms with E-state index in [9.17, 15) is 14.4 Å². The number of piperidine rings is 1. The first-order valence-electron chi connectivity index (χ1n) is 10.3. The van der Waals surface area contributed by atoms with E-state index in [4.69, 9.17) is 0 Å². The van der Waals surface area contributed by atoms with Gasteiger partial charge in [-0.15, -0.1) is 0 Å². The fraction of sp³-hybridized carbons (Fsp3) is 0.455. The highest BCUT2D eigenvalue weighted by Gasteiger charge is 2.24. The molecular weight excluding hydrogens is 382 g/mol. The summed E-state index contributed by atoms with van der Waals surface area (Å²) in [5, 5.41) is 9.63. The number of benzene rings is 1. The third-order valence-corrected chi connectivity index (χ3v) is 5.46. The molecule has 0 spiro atoms. The molecule has 3 rings (SSSR count). The monoisotopic (exact) mass is 411 g/mol. The van der Waals surface area contributed by atoms with E-state index >= 15 is 0 Å². The molecule has 3 amide bonds. The molecule has 1 atom stereocenters. The second-order valence-electron chi connectivity index (χ2n) is 7.90. The third-order valence-electron chi connectivity index (χ3n) is 5.46. The van der Waals surface area contributed by atoms with E-state index in [1.165, 1.54) is 6.92 Å². The number of aromatic nitrogens is 2. The molecule has 8 nitrogen and oxygen atoms in total. The zero-order valence-corrected chi connectivity index (χ0v) is 17.7. The summed E-state index contributed by atoms with van der Waals surface area (Å²) in [5.41, 5.74) is 1.98. The van der Waals surface area contributed by atoms with Crippen molar-refractivity contribution in [2.75, 3.05) is 18.4 Å². The van der Waals surface area contributed by atoms with Crippen molar-refractivity contribution >= 4 is 23.4 Å². The van der Waals surface area contributed by atoms with Gasteiger partial charge in [0.1, 0.15) is 6.04 Å². The molecule has 2 aromatic rings. The lowest BCUT2D eigenvalue weighted by atomic mass is 9.96. The fourth-order valence-corrected chi connectivity index (χ4v) is 3.68. The molecule has 0 aliphatic carbocycles. The molecule has 1 aliphatic heterocycles. The average molecular weight is 412 g/mol. The molecule has 0 unspecified atom stereocenters. The molecule has 8 heteroatoms. The number of hydrogen-bond donors (Lipinski definition) is 2. The van der Waals surface area contributed by atoms with Gasteiger partial charge in [0.15, 0.2) is 0 Å². The Kier molecular flexibility index (Phi) is 6.87. The number of rotatable bonds is 6. The minimum Gasteiger partial charge on any atom is -0.345 e. The zero-order valence-electron chi connectivity index (χ0n) is 17.7. The van der Waals surface area contributed by atoms with Gasteiger partial charge in [0.05, 0.1) is 0 Å². The number of amides is 3. The van der Waals surface area contributed by atoms with Crippen molar-refractivity contribution in [3.05, 3.63) is 47.8 Å². The molecule has 0 radical (unpaired) electrons. The molecular formula is C22H29N5O3. The summed E-state index contributed by atoms with van der Waals surface area (Å²) in [5.74, 6) is -0.110. The van der Waals surface area contributed by atoms with Crippen molar-refractivity contribution in [3.8, 4) is 0 Å². The van der Waals surface area contributed by atoms with Crippen LogP contribution < -0.4 is 10.6 Å². The summed E-state index contributed by atoms with van der Waals surface area (Å²) in [6.07, 6.45) is 5.63. The summed E-state index contributed by atoms with van der Waals surface area (Å²) in [6, 6.07) is 6.60. The van der Waals surface area contributed by atoms with Gasteiger partial charge in [-0.1, -0.05) is 6.07 Å². The Balaban J connectivity index is 1.60. The Morgan fingerprint density at radius 2 is 1.97 bits per heavy atom. The number of nitrogens with one attached hydrogen (secondary N) is 2. The predicted octanol–water partition coefficient (Wildman–Crippen LogP) is 2.21. The largest absolute Gasteiger partial charge is 0.345 e. The van der Waals surface area contributed by atoms with Crippen molar-refractivity contribution in [1.29, 1.82) is 0 Å². The minimum absolute atomic E-state index is 0.0297. The van der Waals surface area contributed by atoms with Crippen molar-refractivity contribution in [1.82, 2.24) is 20.0 Å². The van der Waals surface area contributed by atoms with Gasteiger partial charge in [-0.05, 0) is 56.4 Å². The average Bonchev–Trinajstić information content (AvgIpc) is 3.22. The van der Waals surface area contributed by atoms with Crippen LogP contribution in [-0.2, 0) is 16.1 Å². The topological polar surface area (TPSA) is 96.3 Å².